The summed E-state index contributed by atoms with van der Waals surface area (Å²) in [6.07, 6.45) is 0. The van der Waals surface area contributed by atoms with E-state index in [0.717, 1.165) is 15.8 Å². The van der Waals surface area contributed by atoms with Gasteiger partial charge in [0, 0.05) is 9.37 Å². The van der Waals surface area contributed by atoms with Crippen LogP contribution in [0.1, 0.15) is 0 Å². The Hall–Kier alpha value is -0.540. The summed E-state index contributed by atoms with van der Waals surface area (Å²) in [6.45, 7) is 0. The van der Waals surface area contributed by atoms with Gasteiger partial charge in [-0.15, -0.1) is 11.3 Å². The van der Waals surface area contributed by atoms with Crippen LogP contribution < -0.4 is 5.14 Å². The van der Waals surface area contributed by atoms with Crippen LogP contribution in [0.4, 0.5) is 0 Å². The maximum absolute atomic E-state index is 12.2. The highest BCUT2D eigenvalue weighted by molar-refractivity contribution is 9.10. The van der Waals surface area contributed by atoms with Crippen LogP contribution >= 0.6 is 27.3 Å². The Balaban J connectivity index is 2.35. The smallest absolute Gasteiger partial charge is 0.247 e. The molecule has 2 rings (SSSR count). The van der Waals surface area contributed by atoms with E-state index in [1.165, 1.54) is 12.1 Å². The second kappa shape index (κ2) is 5.22. The van der Waals surface area contributed by atoms with Gasteiger partial charge < -0.3 is 0 Å². The Morgan fingerprint density at radius 2 is 1.72 bits per heavy atom. The average Bonchev–Trinajstić information content (AvgIpc) is 2.78. The molecule has 0 bridgehead atoms. The number of sulfonamides is 1. The molecule has 2 aromatic rings. The summed E-state index contributed by atoms with van der Waals surface area (Å²) in [5.74, 6) is 0. The number of hydrogen-bond acceptors (Lipinski definition) is 4. The molecule has 1 aromatic carbocycles. The van der Waals surface area contributed by atoms with Gasteiger partial charge in [-0.25, -0.2) is 17.8 Å². The van der Waals surface area contributed by atoms with E-state index in [9.17, 15) is 12.6 Å². The van der Waals surface area contributed by atoms with Crippen LogP contribution in [0.5, 0.6) is 0 Å². The van der Waals surface area contributed by atoms with Crippen molar-refractivity contribution in [3.8, 4) is 0 Å². The molecular formula is C10H8BrNO3S3. The molecule has 0 saturated heterocycles. The van der Waals surface area contributed by atoms with Gasteiger partial charge >= 0.3 is 0 Å². The van der Waals surface area contributed by atoms with Crippen molar-refractivity contribution in [1.29, 1.82) is 0 Å². The maximum Gasteiger partial charge on any atom is 0.247 e. The minimum absolute atomic E-state index is 0.0166. The minimum Gasteiger partial charge on any atom is -0.248 e. The van der Waals surface area contributed by atoms with Crippen molar-refractivity contribution in [3.63, 3.8) is 0 Å². The van der Waals surface area contributed by atoms with Gasteiger partial charge in [-0.3, -0.25) is 0 Å². The number of thiophene rings is 1. The van der Waals surface area contributed by atoms with Gasteiger partial charge in [0.1, 0.15) is 4.21 Å². The van der Waals surface area contributed by atoms with Crippen LogP contribution in [0, 0.1) is 0 Å². The van der Waals surface area contributed by atoms with Gasteiger partial charge in [0.15, 0.2) is 0 Å². The molecule has 0 radical (unpaired) electrons. The number of hydrogen-bond donors (Lipinski definition) is 1. The Labute approximate surface area is 119 Å². The molecule has 4 nitrogen and oxygen atoms in total. The van der Waals surface area contributed by atoms with E-state index in [1.807, 2.05) is 0 Å². The third-order valence-corrected chi connectivity index (χ3v) is 6.80. The van der Waals surface area contributed by atoms with Crippen LogP contribution in [0.2, 0.25) is 0 Å². The second-order valence-electron chi connectivity index (χ2n) is 3.34. The van der Waals surface area contributed by atoms with Crippen molar-refractivity contribution >= 4 is 48.1 Å². The number of nitrogens with two attached hydrogens (primary N) is 1. The molecule has 1 heterocycles. The lowest BCUT2D eigenvalue weighted by Crippen LogP contribution is -2.09. The molecule has 0 amide bonds. The second-order valence-corrected chi connectivity index (χ2v) is 8.84. The Morgan fingerprint density at radius 3 is 2.22 bits per heavy atom. The van der Waals surface area contributed by atoms with Gasteiger partial charge in [0.25, 0.3) is 0 Å². The van der Waals surface area contributed by atoms with Crippen LogP contribution in [-0.4, -0.2) is 12.6 Å². The first-order valence-corrected chi connectivity index (χ1v) is 8.98. The van der Waals surface area contributed by atoms with Crippen LogP contribution in [-0.2, 0) is 20.8 Å². The summed E-state index contributed by atoms with van der Waals surface area (Å²) in [5, 5.41) is 5.01. The molecule has 8 heteroatoms. The highest BCUT2D eigenvalue weighted by Crippen LogP contribution is 2.27. The third kappa shape index (κ3) is 3.07. The summed E-state index contributed by atoms with van der Waals surface area (Å²) in [6, 6.07) is 9.88. The SMILES string of the molecule is NS(=O)(=O)c1ccc([S@](=O)c2ccc(Br)cc2)s1. The quantitative estimate of drug-likeness (QED) is 0.906. The topological polar surface area (TPSA) is 77.2 Å². The first kappa shape index (κ1) is 13.9. The van der Waals surface area contributed by atoms with E-state index in [0.29, 0.717) is 9.10 Å². The van der Waals surface area contributed by atoms with E-state index in [2.05, 4.69) is 15.9 Å². The molecule has 18 heavy (non-hydrogen) atoms. The van der Waals surface area contributed by atoms with Crippen molar-refractivity contribution in [2.24, 2.45) is 5.14 Å². The summed E-state index contributed by atoms with van der Waals surface area (Å²) in [4.78, 5) is 0.612. The normalized spacial score (nSPS) is 13.4. The molecule has 0 aliphatic carbocycles. The van der Waals surface area contributed by atoms with Crippen LogP contribution in [0.3, 0.4) is 0 Å². The average molecular weight is 366 g/mol. The molecule has 0 saturated carbocycles. The van der Waals surface area contributed by atoms with Gasteiger partial charge in [-0.05, 0) is 36.4 Å². The standard InChI is InChI=1S/C10H8BrNO3S3/c11-7-1-3-8(4-2-7)17(13)9-5-6-10(16-9)18(12,14)15/h1-6H,(H2,12,14,15)/t17-/m1/s1. The van der Waals surface area contributed by atoms with E-state index >= 15 is 0 Å². The molecule has 0 unspecified atom stereocenters. The fraction of sp³-hybridized carbons (Fsp3) is 0. The van der Waals surface area contributed by atoms with Crippen molar-refractivity contribution in [1.82, 2.24) is 0 Å². The summed E-state index contributed by atoms with van der Waals surface area (Å²) < 4.78 is 35.8. The molecular weight excluding hydrogens is 358 g/mol. The van der Waals surface area contributed by atoms with Crippen molar-refractivity contribution in [2.75, 3.05) is 0 Å². The number of benzene rings is 1. The maximum atomic E-state index is 12.2. The molecule has 96 valence electrons. The molecule has 0 aliphatic rings. The zero-order chi connectivity index (χ0) is 13.3. The monoisotopic (exact) mass is 365 g/mol. The molecule has 1 atom stereocenters. The Bertz CT molecular complexity index is 691. The van der Waals surface area contributed by atoms with E-state index < -0.39 is 20.8 Å². The van der Waals surface area contributed by atoms with Gasteiger partial charge in [0.05, 0.1) is 15.0 Å². The summed E-state index contributed by atoms with van der Waals surface area (Å²) >= 11 is 4.21. The third-order valence-electron chi connectivity index (χ3n) is 2.05. The Kier molecular flexibility index (Phi) is 4.02. The van der Waals surface area contributed by atoms with Crippen LogP contribution in [0.15, 0.2) is 54.2 Å². The van der Waals surface area contributed by atoms with Gasteiger partial charge in [-0.2, -0.15) is 0 Å². The lowest BCUT2D eigenvalue weighted by Gasteiger charge is -1.99. The number of rotatable bonds is 3. The lowest BCUT2D eigenvalue weighted by molar-refractivity contribution is 0.600. The molecule has 0 spiro atoms. The number of primary sulfonamides is 1. The predicted molar refractivity (Wildman–Crippen MR) is 74.5 cm³/mol. The van der Waals surface area contributed by atoms with Crippen molar-refractivity contribution in [2.45, 2.75) is 13.3 Å². The predicted octanol–water partition coefficient (Wildman–Crippen LogP) is 2.32. The molecule has 1 aromatic heterocycles. The van der Waals surface area contributed by atoms with E-state index in [1.54, 1.807) is 24.3 Å². The van der Waals surface area contributed by atoms with Crippen molar-refractivity contribution < 1.29 is 12.6 Å². The van der Waals surface area contributed by atoms with Gasteiger partial charge in [0.2, 0.25) is 10.0 Å². The van der Waals surface area contributed by atoms with Gasteiger partial charge in [-0.1, -0.05) is 15.9 Å². The van der Waals surface area contributed by atoms with Crippen molar-refractivity contribution in [3.05, 3.63) is 40.9 Å². The highest BCUT2D eigenvalue weighted by Gasteiger charge is 2.15. The first-order chi connectivity index (χ1) is 8.38. The summed E-state index contributed by atoms with van der Waals surface area (Å²) in [7, 11) is -5.12. The Morgan fingerprint density at radius 1 is 1.11 bits per heavy atom. The molecule has 0 aliphatic heterocycles. The van der Waals surface area contributed by atoms with E-state index in [-0.39, 0.29) is 4.21 Å². The first-order valence-electron chi connectivity index (χ1n) is 4.68. The highest BCUT2D eigenvalue weighted by atomic mass is 79.9. The fourth-order valence-corrected chi connectivity index (χ4v) is 4.78. The molecule has 0 fully saturated rings. The largest absolute Gasteiger partial charge is 0.248 e. The number of halogens is 1. The minimum atomic E-state index is -3.73. The zero-order valence-corrected chi connectivity index (χ0v) is 12.9. The lowest BCUT2D eigenvalue weighted by atomic mass is 10.4. The summed E-state index contributed by atoms with van der Waals surface area (Å²) in [5.41, 5.74) is 0. The van der Waals surface area contributed by atoms with Crippen LogP contribution in [0.25, 0.3) is 0 Å². The molecule has 2 N–H and O–H groups in total. The fourth-order valence-electron chi connectivity index (χ4n) is 1.23. The van der Waals surface area contributed by atoms with E-state index in [4.69, 9.17) is 5.14 Å². The zero-order valence-electron chi connectivity index (χ0n) is 8.87.